The maximum Gasteiger partial charge on any atom is 0.387 e. The summed E-state index contributed by atoms with van der Waals surface area (Å²) in [6.07, 6.45) is 0.0730. The van der Waals surface area contributed by atoms with E-state index in [4.69, 9.17) is 4.74 Å². The molecule has 3 rings (SSSR count). The molecule has 32 heavy (non-hydrogen) atoms. The lowest BCUT2D eigenvalue weighted by Crippen LogP contribution is -2.44. The van der Waals surface area contributed by atoms with Crippen molar-refractivity contribution in [2.24, 2.45) is 4.99 Å². The van der Waals surface area contributed by atoms with E-state index < -0.39 is 12.7 Å². The zero-order valence-corrected chi connectivity index (χ0v) is 18.3. The molecule has 2 aromatic rings. The third kappa shape index (κ3) is 6.46. The smallest absolute Gasteiger partial charge is 0.387 e. The fourth-order valence-electron chi connectivity index (χ4n) is 3.63. The molecule has 0 saturated carbocycles. The van der Waals surface area contributed by atoms with Crippen LogP contribution in [0.3, 0.4) is 0 Å². The number of aliphatic hydroxyl groups is 1. The number of rotatable bonds is 9. The molecule has 1 aliphatic rings. The van der Waals surface area contributed by atoms with Gasteiger partial charge in [-0.1, -0.05) is 24.3 Å². The number of alkyl halides is 2. The van der Waals surface area contributed by atoms with Crippen molar-refractivity contribution in [3.8, 4) is 11.5 Å². The van der Waals surface area contributed by atoms with Gasteiger partial charge >= 0.3 is 6.61 Å². The van der Waals surface area contributed by atoms with Crippen molar-refractivity contribution in [3.05, 3.63) is 54.1 Å². The average Bonchev–Trinajstić information content (AvgIpc) is 3.25. The van der Waals surface area contributed by atoms with Crippen LogP contribution < -0.4 is 25.0 Å². The van der Waals surface area contributed by atoms with E-state index >= 15 is 0 Å². The van der Waals surface area contributed by atoms with Crippen LogP contribution >= 0.6 is 0 Å². The summed E-state index contributed by atoms with van der Waals surface area (Å²) < 4.78 is 35.3. The van der Waals surface area contributed by atoms with Gasteiger partial charge in [0, 0.05) is 25.7 Å². The van der Waals surface area contributed by atoms with E-state index in [2.05, 4.69) is 20.4 Å². The van der Waals surface area contributed by atoms with Gasteiger partial charge in [-0.2, -0.15) is 8.78 Å². The Balaban J connectivity index is 1.60. The first-order chi connectivity index (χ1) is 15.5. The van der Waals surface area contributed by atoms with Gasteiger partial charge in [0.15, 0.2) is 5.96 Å². The molecule has 0 bridgehead atoms. The monoisotopic (exact) mass is 448 g/mol. The van der Waals surface area contributed by atoms with Gasteiger partial charge in [-0.3, -0.25) is 4.99 Å². The predicted octanol–water partition coefficient (Wildman–Crippen LogP) is 3.16. The molecule has 2 atom stereocenters. The number of ether oxygens (including phenoxy) is 2. The largest absolute Gasteiger partial charge is 0.497 e. The van der Waals surface area contributed by atoms with E-state index in [1.54, 1.807) is 43.5 Å². The van der Waals surface area contributed by atoms with Gasteiger partial charge in [0.05, 0.1) is 25.4 Å². The summed E-state index contributed by atoms with van der Waals surface area (Å²) >= 11 is 0. The Morgan fingerprint density at radius 2 is 1.97 bits per heavy atom. The molecule has 7 nitrogen and oxygen atoms in total. The molecule has 1 aliphatic heterocycles. The molecule has 0 radical (unpaired) electrons. The molecule has 174 valence electrons. The highest BCUT2D eigenvalue weighted by molar-refractivity contribution is 5.80. The summed E-state index contributed by atoms with van der Waals surface area (Å²) in [6.45, 7) is 1.30. The fraction of sp³-hybridized carbons (Fsp3) is 0.435. The molecule has 0 aliphatic carbocycles. The minimum Gasteiger partial charge on any atom is -0.497 e. The molecule has 0 aromatic heterocycles. The highest BCUT2D eigenvalue weighted by atomic mass is 19.3. The van der Waals surface area contributed by atoms with E-state index in [9.17, 15) is 13.9 Å². The van der Waals surface area contributed by atoms with Gasteiger partial charge in [-0.15, -0.1) is 0 Å². The summed E-state index contributed by atoms with van der Waals surface area (Å²) in [6, 6.07) is 14.1. The van der Waals surface area contributed by atoms with Crippen LogP contribution in [-0.2, 0) is 0 Å². The van der Waals surface area contributed by atoms with E-state index in [1.807, 2.05) is 24.0 Å². The first-order valence-corrected chi connectivity index (χ1v) is 10.7. The Kier molecular flexibility index (Phi) is 8.49. The van der Waals surface area contributed by atoms with Crippen LogP contribution in [0.25, 0.3) is 0 Å². The zero-order chi connectivity index (χ0) is 22.9. The Labute approximate surface area is 187 Å². The Morgan fingerprint density at radius 1 is 1.22 bits per heavy atom. The number of hydrogen-bond acceptors (Lipinski definition) is 5. The molecule has 0 spiro atoms. The SMILES string of the molecule is CCNC(=NCC(O)c1ccc(OC)cc1)NC1CCN(c2ccccc2OC(F)F)C1. The van der Waals surface area contributed by atoms with Crippen molar-refractivity contribution in [2.45, 2.75) is 32.1 Å². The fourth-order valence-corrected chi connectivity index (χ4v) is 3.63. The molecular formula is C23H30F2N4O3. The second-order valence-corrected chi connectivity index (χ2v) is 7.43. The molecule has 1 heterocycles. The number of aliphatic imine (C=N–C) groups is 1. The van der Waals surface area contributed by atoms with Crippen LogP contribution in [0, 0.1) is 0 Å². The highest BCUT2D eigenvalue weighted by Gasteiger charge is 2.26. The molecule has 1 fully saturated rings. The van der Waals surface area contributed by atoms with Crippen LogP contribution in [0.1, 0.15) is 25.0 Å². The predicted molar refractivity (Wildman–Crippen MR) is 121 cm³/mol. The molecular weight excluding hydrogens is 418 g/mol. The van der Waals surface area contributed by atoms with Crippen LogP contribution in [0.5, 0.6) is 11.5 Å². The number of guanidine groups is 1. The second-order valence-electron chi connectivity index (χ2n) is 7.43. The number of anilines is 1. The number of nitrogens with zero attached hydrogens (tertiary/aromatic N) is 2. The van der Waals surface area contributed by atoms with E-state index in [1.165, 1.54) is 0 Å². The average molecular weight is 449 g/mol. The first kappa shape index (κ1) is 23.6. The highest BCUT2D eigenvalue weighted by Crippen LogP contribution is 2.31. The van der Waals surface area contributed by atoms with Crippen molar-refractivity contribution in [3.63, 3.8) is 0 Å². The molecule has 9 heteroatoms. The lowest BCUT2D eigenvalue weighted by molar-refractivity contribution is -0.0495. The number of para-hydroxylation sites is 2. The van der Waals surface area contributed by atoms with Gasteiger partial charge in [0.25, 0.3) is 0 Å². The Hall–Kier alpha value is -3.07. The Bertz CT molecular complexity index is 880. The maximum absolute atomic E-state index is 12.7. The molecule has 3 N–H and O–H groups in total. The maximum atomic E-state index is 12.7. The van der Waals surface area contributed by atoms with Gasteiger partial charge < -0.3 is 30.1 Å². The van der Waals surface area contributed by atoms with E-state index in [0.717, 1.165) is 17.7 Å². The summed E-state index contributed by atoms with van der Waals surface area (Å²) in [5.74, 6) is 1.50. The van der Waals surface area contributed by atoms with Crippen molar-refractivity contribution in [1.82, 2.24) is 10.6 Å². The summed E-state index contributed by atoms with van der Waals surface area (Å²) in [5, 5.41) is 17.0. The molecule has 1 saturated heterocycles. The number of benzene rings is 2. The van der Waals surface area contributed by atoms with E-state index in [0.29, 0.717) is 31.3 Å². The Morgan fingerprint density at radius 3 is 2.66 bits per heavy atom. The van der Waals surface area contributed by atoms with E-state index in [-0.39, 0.29) is 18.3 Å². The number of hydrogen-bond donors (Lipinski definition) is 3. The molecule has 2 aromatic carbocycles. The summed E-state index contributed by atoms with van der Waals surface area (Å²) in [7, 11) is 1.60. The minimum absolute atomic E-state index is 0.0746. The second kappa shape index (κ2) is 11.5. The number of nitrogens with one attached hydrogen (secondary N) is 2. The first-order valence-electron chi connectivity index (χ1n) is 10.7. The van der Waals surface area contributed by atoms with Crippen molar-refractivity contribution >= 4 is 11.6 Å². The van der Waals surface area contributed by atoms with Crippen molar-refractivity contribution in [2.75, 3.05) is 38.2 Å². The third-order valence-electron chi connectivity index (χ3n) is 5.22. The lowest BCUT2D eigenvalue weighted by Gasteiger charge is -2.22. The van der Waals surface area contributed by atoms with Gasteiger partial charge in [-0.25, -0.2) is 0 Å². The van der Waals surface area contributed by atoms with Crippen LogP contribution in [0.2, 0.25) is 0 Å². The topological polar surface area (TPSA) is 78.4 Å². The van der Waals surface area contributed by atoms with Crippen LogP contribution in [0.4, 0.5) is 14.5 Å². The van der Waals surface area contributed by atoms with Gasteiger partial charge in [0.2, 0.25) is 0 Å². The minimum atomic E-state index is -2.86. The number of aliphatic hydroxyl groups excluding tert-OH is 1. The van der Waals surface area contributed by atoms with Crippen LogP contribution in [-0.4, -0.2) is 57.0 Å². The van der Waals surface area contributed by atoms with Crippen molar-refractivity contribution < 1.29 is 23.4 Å². The number of methoxy groups -OCH3 is 1. The quantitative estimate of drug-likeness (QED) is 0.404. The molecule has 2 unspecified atom stereocenters. The van der Waals surface area contributed by atoms with Gasteiger partial charge in [0.1, 0.15) is 11.5 Å². The van der Waals surface area contributed by atoms with Crippen LogP contribution in [0.15, 0.2) is 53.5 Å². The molecule has 0 amide bonds. The standard InChI is InChI=1S/C23H30F2N4O3/c1-3-26-23(27-14-20(30)16-8-10-18(31-2)11-9-16)28-17-12-13-29(15-17)19-6-4-5-7-21(19)32-22(24)25/h4-11,17,20,22,30H,3,12-15H2,1-2H3,(H2,26,27,28). The third-order valence-corrected chi connectivity index (χ3v) is 5.22. The lowest BCUT2D eigenvalue weighted by atomic mass is 10.1. The summed E-state index contributed by atoms with van der Waals surface area (Å²) in [5.41, 5.74) is 1.40. The van der Waals surface area contributed by atoms with Gasteiger partial charge in [-0.05, 0) is 43.2 Å². The normalized spacial score (nSPS) is 17.4. The van der Waals surface area contributed by atoms with Crippen molar-refractivity contribution in [1.29, 1.82) is 0 Å². The summed E-state index contributed by atoms with van der Waals surface area (Å²) in [4.78, 5) is 6.54. The zero-order valence-electron chi connectivity index (χ0n) is 18.3. The number of halogens is 2.